The van der Waals surface area contributed by atoms with Crippen LogP contribution in [-0.4, -0.2) is 49.2 Å². The standard InChI is InChI=1S/C29H34N4O6S/c1-4-19-30-29(35)27(5-2)31(20-23-12-10-9-11-22(23)3)28(34)21-32(24-15-17-25(18-16-24)33(36)37)40(38,39)26-13-7-6-8-14-26/h6-18,27H,4-5,19-21H2,1-3H3,(H,30,35)/t27-/m1/s1. The predicted octanol–water partition coefficient (Wildman–Crippen LogP) is 4.43. The van der Waals surface area contributed by atoms with Crippen molar-refractivity contribution in [3.05, 3.63) is 100 Å². The molecule has 0 radical (unpaired) electrons. The van der Waals surface area contributed by atoms with Gasteiger partial charge in [-0.1, -0.05) is 56.3 Å². The number of carbonyl (C=O) groups is 2. The second kappa shape index (κ2) is 13.7. The van der Waals surface area contributed by atoms with Crippen molar-refractivity contribution >= 4 is 33.2 Å². The smallest absolute Gasteiger partial charge is 0.269 e. The Balaban J connectivity index is 2.07. The minimum Gasteiger partial charge on any atom is -0.354 e. The maximum atomic E-state index is 14.0. The third-order valence-electron chi connectivity index (χ3n) is 6.50. The Bertz CT molecular complexity index is 1430. The summed E-state index contributed by atoms with van der Waals surface area (Å²) in [5, 5.41) is 14.0. The molecule has 10 nitrogen and oxygen atoms in total. The fraction of sp³-hybridized carbons (Fsp3) is 0.310. The molecule has 0 saturated heterocycles. The first kappa shape index (κ1) is 30.3. The third-order valence-corrected chi connectivity index (χ3v) is 8.28. The lowest BCUT2D eigenvalue weighted by Gasteiger charge is -2.33. The summed E-state index contributed by atoms with van der Waals surface area (Å²) in [6, 6.07) is 19.2. The van der Waals surface area contributed by atoms with E-state index in [9.17, 15) is 28.1 Å². The molecule has 0 aromatic heterocycles. The summed E-state index contributed by atoms with van der Waals surface area (Å²) < 4.78 is 28.5. The molecule has 0 bridgehead atoms. The van der Waals surface area contributed by atoms with Crippen molar-refractivity contribution in [1.29, 1.82) is 0 Å². The number of carbonyl (C=O) groups excluding carboxylic acids is 2. The highest BCUT2D eigenvalue weighted by molar-refractivity contribution is 7.92. The van der Waals surface area contributed by atoms with E-state index in [0.717, 1.165) is 21.9 Å². The van der Waals surface area contributed by atoms with Gasteiger partial charge in [-0.2, -0.15) is 0 Å². The van der Waals surface area contributed by atoms with Gasteiger partial charge in [0, 0.05) is 25.2 Å². The topological polar surface area (TPSA) is 130 Å². The van der Waals surface area contributed by atoms with Gasteiger partial charge >= 0.3 is 0 Å². The lowest BCUT2D eigenvalue weighted by Crippen LogP contribution is -2.52. The van der Waals surface area contributed by atoms with Crippen LogP contribution in [0.1, 0.15) is 37.8 Å². The quantitative estimate of drug-likeness (QED) is 0.241. The lowest BCUT2D eigenvalue weighted by atomic mass is 10.1. The average molecular weight is 567 g/mol. The summed E-state index contributed by atoms with van der Waals surface area (Å²) in [6.07, 6.45) is 1.04. The molecule has 0 fully saturated rings. The molecule has 1 N–H and O–H groups in total. The molecule has 11 heteroatoms. The highest BCUT2D eigenvalue weighted by Gasteiger charge is 2.33. The van der Waals surface area contributed by atoms with E-state index in [1.54, 1.807) is 25.1 Å². The fourth-order valence-corrected chi connectivity index (χ4v) is 5.68. The van der Waals surface area contributed by atoms with Crippen molar-refractivity contribution in [2.24, 2.45) is 0 Å². The second-order valence-corrected chi connectivity index (χ2v) is 11.1. The number of hydrogen-bond donors (Lipinski definition) is 1. The summed E-state index contributed by atoms with van der Waals surface area (Å²) in [4.78, 5) is 39.1. The van der Waals surface area contributed by atoms with Crippen molar-refractivity contribution in [1.82, 2.24) is 10.2 Å². The van der Waals surface area contributed by atoms with E-state index in [-0.39, 0.29) is 28.7 Å². The van der Waals surface area contributed by atoms with E-state index < -0.39 is 33.4 Å². The molecule has 0 aliphatic heterocycles. The SMILES string of the molecule is CCCNC(=O)[C@@H](CC)N(Cc1ccccc1C)C(=O)CN(c1ccc([N+](=O)[O-])cc1)S(=O)(=O)c1ccccc1. The summed E-state index contributed by atoms with van der Waals surface area (Å²) in [5.41, 5.74) is 1.62. The average Bonchev–Trinajstić information content (AvgIpc) is 2.96. The van der Waals surface area contributed by atoms with Crippen LogP contribution in [-0.2, 0) is 26.2 Å². The Labute approximate surface area is 234 Å². The number of nitro benzene ring substituents is 1. The van der Waals surface area contributed by atoms with Crippen LogP contribution in [0.25, 0.3) is 0 Å². The molecule has 40 heavy (non-hydrogen) atoms. The Kier molecular flexibility index (Phi) is 10.4. The number of nitrogens with one attached hydrogen (secondary N) is 1. The van der Waals surface area contributed by atoms with Gasteiger partial charge in [0.15, 0.2) is 0 Å². The monoisotopic (exact) mass is 566 g/mol. The highest BCUT2D eigenvalue weighted by atomic mass is 32.2. The van der Waals surface area contributed by atoms with E-state index in [1.165, 1.54) is 41.3 Å². The first-order valence-corrected chi connectivity index (χ1v) is 14.5. The maximum Gasteiger partial charge on any atom is 0.269 e. The van der Waals surface area contributed by atoms with Crippen LogP contribution in [0.5, 0.6) is 0 Å². The van der Waals surface area contributed by atoms with Gasteiger partial charge in [0.05, 0.1) is 15.5 Å². The second-order valence-electron chi connectivity index (χ2n) is 9.26. The van der Waals surface area contributed by atoms with E-state index >= 15 is 0 Å². The van der Waals surface area contributed by atoms with Crippen LogP contribution in [0.4, 0.5) is 11.4 Å². The van der Waals surface area contributed by atoms with E-state index in [1.807, 2.05) is 38.1 Å². The molecule has 0 aliphatic rings. The number of nitrogens with zero attached hydrogens (tertiary/aromatic N) is 3. The Morgan fingerprint density at radius 3 is 2.15 bits per heavy atom. The summed E-state index contributed by atoms with van der Waals surface area (Å²) in [5.74, 6) is -0.904. The third kappa shape index (κ3) is 7.23. The van der Waals surface area contributed by atoms with Crippen LogP contribution < -0.4 is 9.62 Å². The van der Waals surface area contributed by atoms with Crippen molar-refractivity contribution in [3.63, 3.8) is 0 Å². The number of rotatable bonds is 13. The zero-order valence-electron chi connectivity index (χ0n) is 22.8. The molecular formula is C29H34N4O6S. The molecule has 3 rings (SSSR count). The fourth-order valence-electron chi connectivity index (χ4n) is 4.25. The number of amides is 2. The lowest BCUT2D eigenvalue weighted by molar-refractivity contribution is -0.384. The molecule has 0 spiro atoms. The van der Waals surface area contributed by atoms with Gasteiger partial charge in [0.1, 0.15) is 12.6 Å². The van der Waals surface area contributed by atoms with Gasteiger partial charge in [-0.05, 0) is 55.2 Å². The number of anilines is 1. The zero-order valence-corrected chi connectivity index (χ0v) is 23.6. The van der Waals surface area contributed by atoms with Crippen LogP contribution in [0, 0.1) is 17.0 Å². The minimum absolute atomic E-state index is 0.0423. The maximum absolute atomic E-state index is 14.0. The van der Waals surface area contributed by atoms with Crippen molar-refractivity contribution in [2.75, 3.05) is 17.4 Å². The number of benzene rings is 3. The summed E-state index contributed by atoms with van der Waals surface area (Å²) in [7, 11) is -4.25. The summed E-state index contributed by atoms with van der Waals surface area (Å²) in [6.45, 7) is 5.55. The zero-order chi connectivity index (χ0) is 29.3. The van der Waals surface area contributed by atoms with E-state index in [4.69, 9.17) is 0 Å². The normalized spacial score (nSPS) is 11.9. The Hall–Kier alpha value is -4.25. The minimum atomic E-state index is -4.25. The largest absolute Gasteiger partial charge is 0.354 e. The van der Waals surface area contributed by atoms with Gasteiger partial charge in [-0.15, -0.1) is 0 Å². The van der Waals surface area contributed by atoms with Crippen LogP contribution in [0.3, 0.4) is 0 Å². The number of aryl methyl sites for hydroxylation is 1. The van der Waals surface area contributed by atoms with Crippen molar-refractivity contribution < 1.29 is 22.9 Å². The number of nitro groups is 1. The molecule has 0 saturated carbocycles. The predicted molar refractivity (Wildman–Crippen MR) is 153 cm³/mol. The molecule has 0 heterocycles. The van der Waals surface area contributed by atoms with Gasteiger partial charge in [-0.3, -0.25) is 24.0 Å². The first-order valence-electron chi connectivity index (χ1n) is 13.0. The van der Waals surface area contributed by atoms with Crippen LogP contribution in [0.2, 0.25) is 0 Å². The molecule has 212 valence electrons. The van der Waals surface area contributed by atoms with Gasteiger partial charge in [-0.25, -0.2) is 8.42 Å². The Morgan fingerprint density at radius 1 is 0.950 bits per heavy atom. The molecular weight excluding hydrogens is 532 g/mol. The number of hydrogen-bond acceptors (Lipinski definition) is 6. The summed E-state index contributed by atoms with van der Waals surface area (Å²) >= 11 is 0. The van der Waals surface area contributed by atoms with Gasteiger partial charge < -0.3 is 10.2 Å². The number of non-ortho nitro benzene ring substituents is 1. The number of sulfonamides is 1. The van der Waals surface area contributed by atoms with E-state index in [0.29, 0.717) is 13.0 Å². The van der Waals surface area contributed by atoms with Crippen LogP contribution in [0.15, 0.2) is 83.8 Å². The molecule has 1 atom stereocenters. The van der Waals surface area contributed by atoms with Gasteiger partial charge in [0.25, 0.3) is 15.7 Å². The van der Waals surface area contributed by atoms with E-state index in [2.05, 4.69) is 5.32 Å². The van der Waals surface area contributed by atoms with Gasteiger partial charge in [0.2, 0.25) is 11.8 Å². The first-order chi connectivity index (χ1) is 19.1. The Morgan fingerprint density at radius 2 is 1.57 bits per heavy atom. The molecule has 3 aromatic rings. The molecule has 2 amide bonds. The van der Waals surface area contributed by atoms with Crippen molar-refractivity contribution in [3.8, 4) is 0 Å². The van der Waals surface area contributed by atoms with Crippen molar-refractivity contribution in [2.45, 2.75) is 51.1 Å². The highest BCUT2D eigenvalue weighted by Crippen LogP contribution is 2.27. The molecule has 0 aliphatic carbocycles. The molecule has 3 aromatic carbocycles. The van der Waals surface area contributed by atoms with Crippen LogP contribution >= 0.6 is 0 Å². The molecule has 0 unspecified atom stereocenters.